The molecule has 16 heteroatoms. The number of rotatable bonds is 5. The third-order valence-electron chi connectivity index (χ3n) is 10.7. The van der Waals surface area contributed by atoms with Gasteiger partial charge in [0.25, 0.3) is 11.8 Å². The Kier molecular flexibility index (Phi) is 8.16. The van der Waals surface area contributed by atoms with Crippen molar-refractivity contribution in [1.29, 1.82) is 0 Å². The molecule has 2 N–H and O–H groups in total. The van der Waals surface area contributed by atoms with E-state index in [0.717, 1.165) is 28.8 Å². The van der Waals surface area contributed by atoms with E-state index in [1.165, 1.54) is 6.08 Å². The average Bonchev–Trinajstić information content (AvgIpc) is 3.50. The van der Waals surface area contributed by atoms with E-state index in [-0.39, 0.29) is 28.1 Å². The Morgan fingerprint density at radius 2 is 1.31 bits per heavy atom. The molecule has 1 saturated carbocycles. The first kappa shape index (κ1) is 35.7. The van der Waals surface area contributed by atoms with Crippen molar-refractivity contribution in [2.75, 3.05) is 15.1 Å². The summed E-state index contributed by atoms with van der Waals surface area (Å²) in [6, 6.07) is 18.4. The summed E-state index contributed by atoms with van der Waals surface area (Å²) in [5.74, 6) is -24.3. The van der Waals surface area contributed by atoms with Gasteiger partial charge in [0, 0.05) is 17.3 Å². The van der Waals surface area contributed by atoms with Gasteiger partial charge >= 0.3 is 0 Å². The lowest BCUT2D eigenvalue weighted by atomic mass is 9.56. The minimum Gasteiger partial charge on any atom is -0.505 e. The van der Waals surface area contributed by atoms with Crippen LogP contribution in [0.1, 0.15) is 24.3 Å². The summed E-state index contributed by atoms with van der Waals surface area (Å²) in [4.78, 5) is 51.9. The van der Waals surface area contributed by atoms with Crippen LogP contribution >= 0.6 is 23.2 Å². The minimum absolute atomic E-state index is 0.103. The summed E-state index contributed by atoms with van der Waals surface area (Å²) in [5.41, 5.74) is -0.331. The normalized spacial score (nSPS) is 27.5. The average molecular weight is 787 g/mol. The molecule has 3 fully saturated rings. The van der Waals surface area contributed by atoms with Crippen molar-refractivity contribution in [1.82, 2.24) is 0 Å². The van der Waals surface area contributed by atoms with Crippen molar-refractivity contribution in [3.05, 3.63) is 125 Å². The van der Waals surface area contributed by atoms with Crippen molar-refractivity contribution >= 4 is 69.6 Å². The molecule has 2 aliphatic carbocycles. The van der Waals surface area contributed by atoms with E-state index in [2.05, 4.69) is 5.32 Å². The number of hydrogen-bond donors (Lipinski definition) is 2. The lowest BCUT2D eigenvalue weighted by molar-refractivity contribution is -0.125. The van der Waals surface area contributed by atoms with Crippen LogP contribution in [0.4, 0.5) is 49.1 Å². The Labute approximate surface area is 311 Å². The molecular formula is C38H23Cl2F6N3O5. The van der Waals surface area contributed by atoms with Crippen molar-refractivity contribution in [3.8, 4) is 5.75 Å². The molecule has 54 heavy (non-hydrogen) atoms. The maximum Gasteiger partial charge on any atom is 0.258 e. The molecule has 276 valence electrons. The third kappa shape index (κ3) is 4.78. The molecule has 4 aromatic rings. The number of phenolic OH excluding ortho intramolecular Hbond substituents is 1. The lowest BCUT2D eigenvalue weighted by Crippen LogP contribution is -2.60. The number of nitrogens with one attached hydrogen (secondary N) is 1. The molecule has 0 bridgehead atoms. The van der Waals surface area contributed by atoms with Crippen LogP contribution in [-0.4, -0.2) is 38.5 Å². The Hall–Kier alpha value is -5.34. The lowest BCUT2D eigenvalue weighted by Gasteiger charge is -2.50. The first-order chi connectivity index (χ1) is 25.6. The summed E-state index contributed by atoms with van der Waals surface area (Å²) in [5, 5.41) is 13.1. The summed E-state index contributed by atoms with van der Waals surface area (Å²) < 4.78 is 88.3. The first-order valence-corrected chi connectivity index (χ1v) is 17.1. The molecule has 2 saturated heterocycles. The van der Waals surface area contributed by atoms with E-state index in [1.54, 1.807) is 24.3 Å². The minimum atomic E-state index is -2.82. The van der Waals surface area contributed by atoms with E-state index in [1.807, 2.05) is 30.3 Å². The molecule has 6 unspecified atom stereocenters. The van der Waals surface area contributed by atoms with Gasteiger partial charge in [0.05, 0.1) is 17.5 Å². The summed E-state index contributed by atoms with van der Waals surface area (Å²) >= 11 is 14.1. The molecule has 2 aliphatic heterocycles. The van der Waals surface area contributed by atoms with Crippen LogP contribution in [0.25, 0.3) is 0 Å². The number of phenols is 1. The highest BCUT2D eigenvalue weighted by Crippen LogP contribution is 2.66. The smallest absolute Gasteiger partial charge is 0.258 e. The van der Waals surface area contributed by atoms with Gasteiger partial charge in [-0.25, -0.2) is 31.2 Å². The fourth-order valence-corrected chi connectivity index (χ4v) is 9.21. The van der Waals surface area contributed by atoms with E-state index in [0.29, 0.717) is 5.69 Å². The highest BCUT2D eigenvalue weighted by atomic mass is 35.5. The van der Waals surface area contributed by atoms with Gasteiger partial charge in [-0.2, -0.15) is 0 Å². The first-order valence-electron chi connectivity index (χ1n) is 16.4. The molecule has 8 nitrogen and oxygen atoms in total. The zero-order valence-electron chi connectivity index (χ0n) is 27.2. The SMILES string of the molecule is O=C1C2CC=C3C(CC4(Cl)C(=O)N(c5c(F)c(F)c(F)c(F)c5F)C(=O)C4(Cl)C3c3ccc(O)c(F)c3)C2C(=O)N1c1ccc(Nc2ccccc2)cc1. The van der Waals surface area contributed by atoms with Gasteiger partial charge in [-0.1, -0.05) is 35.9 Å². The maximum atomic E-state index is 15.2. The number of alkyl halides is 2. The molecule has 0 aromatic heterocycles. The fraction of sp³-hybridized carbons (Fsp3) is 0.211. The van der Waals surface area contributed by atoms with Crippen LogP contribution < -0.4 is 15.1 Å². The zero-order chi connectivity index (χ0) is 38.6. The summed E-state index contributed by atoms with van der Waals surface area (Å²) in [6.07, 6.45) is 0.668. The number of aromatic hydroxyl groups is 1. The van der Waals surface area contributed by atoms with Gasteiger partial charge in [-0.3, -0.25) is 24.1 Å². The monoisotopic (exact) mass is 785 g/mol. The molecule has 6 atom stereocenters. The predicted octanol–water partition coefficient (Wildman–Crippen LogP) is 7.74. The van der Waals surface area contributed by atoms with Crippen LogP contribution in [0.15, 0.2) is 84.4 Å². The number of para-hydroxylation sites is 1. The highest BCUT2D eigenvalue weighted by molar-refractivity contribution is 6.58. The molecule has 4 amide bonds. The van der Waals surface area contributed by atoms with Crippen molar-refractivity contribution in [2.45, 2.75) is 28.5 Å². The van der Waals surface area contributed by atoms with E-state index < -0.39 is 110 Å². The third-order valence-corrected chi connectivity index (χ3v) is 12.1. The Bertz CT molecular complexity index is 2340. The van der Waals surface area contributed by atoms with Gasteiger partial charge in [-0.15, -0.1) is 23.2 Å². The van der Waals surface area contributed by atoms with Crippen molar-refractivity contribution < 1.29 is 50.6 Å². The number of hydrogen-bond acceptors (Lipinski definition) is 6. The van der Waals surface area contributed by atoms with Crippen LogP contribution in [0.5, 0.6) is 5.75 Å². The van der Waals surface area contributed by atoms with Gasteiger partial charge in [-0.05, 0) is 72.9 Å². The number of allylic oxidation sites excluding steroid dienone is 2. The number of imide groups is 2. The quantitative estimate of drug-likeness (QED) is 0.0536. The maximum absolute atomic E-state index is 15.2. The molecule has 8 rings (SSSR count). The Morgan fingerprint density at radius 3 is 1.94 bits per heavy atom. The molecule has 0 spiro atoms. The van der Waals surface area contributed by atoms with Crippen LogP contribution in [0.2, 0.25) is 0 Å². The van der Waals surface area contributed by atoms with Crippen molar-refractivity contribution in [3.63, 3.8) is 0 Å². The highest BCUT2D eigenvalue weighted by Gasteiger charge is 2.77. The van der Waals surface area contributed by atoms with E-state index in [9.17, 15) is 41.8 Å². The van der Waals surface area contributed by atoms with Crippen LogP contribution in [-0.2, 0) is 19.2 Å². The molecule has 4 aromatic carbocycles. The topological polar surface area (TPSA) is 107 Å². The largest absolute Gasteiger partial charge is 0.505 e. The van der Waals surface area contributed by atoms with Gasteiger partial charge in [0.1, 0.15) is 5.69 Å². The van der Waals surface area contributed by atoms with Gasteiger partial charge in [0.2, 0.25) is 17.6 Å². The molecule has 2 heterocycles. The van der Waals surface area contributed by atoms with Crippen LogP contribution in [0, 0.1) is 52.7 Å². The number of fused-ring (bicyclic) bond motifs is 4. The van der Waals surface area contributed by atoms with E-state index >= 15 is 8.78 Å². The second-order valence-corrected chi connectivity index (χ2v) is 14.7. The van der Waals surface area contributed by atoms with E-state index in [4.69, 9.17) is 23.2 Å². The molecule has 4 aliphatic rings. The fourth-order valence-electron chi connectivity index (χ4n) is 8.28. The number of nitrogens with zero attached hydrogens (tertiary/aromatic N) is 2. The zero-order valence-corrected chi connectivity index (χ0v) is 28.7. The van der Waals surface area contributed by atoms with Crippen LogP contribution in [0.3, 0.4) is 0 Å². The molecular weight excluding hydrogens is 763 g/mol. The van der Waals surface area contributed by atoms with Crippen molar-refractivity contribution in [2.24, 2.45) is 17.8 Å². The summed E-state index contributed by atoms with van der Waals surface area (Å²) in [7, 11) is 0. The van der Waals surface area contributed by atoms with Gasteiger partial charge in [0.15, 0.2) is 44.6 Å². The predicted molar refractivity (Wildman–Crippen MR) is 183 cm³/mol. The Balaban J connectivity index is 1.23. The number of anilines is 4. The Morgan fingerprint density at radius 1 is 0.704 bits per heavy atom. The number of carbonyl (C=O) groups excluding carboxylic acids is 4. The summed E-state index contributed by atoms with van der Waals surface area (Å²) in [6.45, 7) is 0. The number of benzene rings is 4. The number of amides is 4. The second kappa shape index (κ2) is 12.4. The number of carbonyl (C=O) groups is 4. The van der Waals surface area contributed by atoms with Gasteiger partial charge < -0.3 is 10.4 Å². The number of halogens is 8. The molecule has 0 radical (unpaired) electrons. The second-order valence-electron chi connectivity index (χ2n) is 13.5. The standard InChI is InChI=1S/C38H23Cl2F6N3O5/c39-37-15-22-20(11-12-21-25(22)34(52)48(33(21)51)19-9-7-18(8-10-19)47-17-4-2-1-3-5-17)26(16-6-13-24(50)23(41)14-16)38(37,40)36(54)49(35(37)53)32-30(45)28(43)27(42)29(44)31(32)46/h1-11,13-14,21-22,25-26,47,50H,12,15H2.